The molecule has 1 fully saturated rings. The van der Waals surface area contributed by atoms with Crippen molar-refractivity contribution in [3.05, 3.63) is 18.2 Å². The molecule has 0 bridgehead atoms. The number of carbonyl (C=O) groups excluding carboxylic acids is 2. The first-order chi connectivity index (χ1) is 10.9. The number of amides is 2. The second-order valence-electron chi connectivity index (χ2n) is 4.94. The Kier molecular flexibility index (Phi) is 5.09. The molecule has 1 aromatic carbocycles. The molecule has 9 heteroatoms. The Labute approximate surface area is 134 Å². The zero-order chi connectivity index (χ0) is 17.0. The molecule has 126 valence electrons. The Bertz CT molecular complexity index is 717. The van der Waals surface area contributed by atoms with Crippen molar-refractivity contribution in [1.82, 2.24) is 5.32 Å². The van der Waals surface area contributed by atoms with E-state index in [9.17, 15) is 18.0 Å². The molecule has 2 rings (SSSR count). The van der Waals surface area contributed by atoms with Gasteiger partial charge in [0.05, 0.1) is 24.2 Å². The highest BCUT2D eigenvalue weighted by atomic mass is 32.2. The second kappa shape index (κ2) is 6.86. The van der Waals surface area contributed by atoms with Crippen LogP contribution in [0.1, 0.15) is 13.3 Å². The highest BCUT2D eigenvalue weighted by Crippen LogP contribution is 2.32. The zero-order valence-corrected chi connectivity index (χ0v) is 13.8. The van der Waals surface area contributed by atoms with E-state index in [-0.39, 0.29) is 11.5 Å². The number of hydrogen-bond donors (Lipinski definition) is 2. The van der Waals surface area contributed by atoms with Crippen molar-refractivity contribution in [3.8, 4) is 5.75 Å². The molecule has 2 N–H and O–H groups in total. The maximum atomic E-state index is 11.9. The van der Waals surface area contributed by atoms with E-state index in [1.807, 2.05) is 0 Å². The first kappa shape index (κ1) is 17.1. The van der Waals surface area contributed by atoms with Crippen LogP contribution in [0, 0.1) is 0 Å². The lowest BCUT2D eigenvalue weighted by Gasteiger charge is -2.19. The van der Waals surface area contributed by atoms with Gasteiger partial charge in [-0.05, 0) is 25.5 Å². The summed E-state index contributed by atoms with van der Waals surface area (Å²) in [6.45, 7) is 2.46. The molecule has 2 amide bonds. The Balaban J connectivity index is 2.23. The number of hydrogen-bond acceptors (Lipinski definition) is 5. The molecule has 0 aliphatic carbocycles. The monoisotopic (exact) mass is 341 g/mol. The van der Waals surface area contributed by atoms with Crippen LogP contribution in [-0.2, 0) is 19.6 Å². The van der Waals surface area contributed by atoms with Gasteiger partial charge in [0.25, 0.3) is 0 Å². The standard InChI is InChI=1S/C14H19N3O5S/c1-3-15-13(18)14(19)16-11-6-5-10(9-12(11)22-2)17-7-4-8-23(17,20)21/h5-6,9H,3-4,7-8H2,1-2H3,(H,15,18)(H,16,19). The first-order valence-electron chi connectivity index (χ1n) is 7.16. The van der Waals surface area contributed by atoms with Crippen molar-refractivity contribution in [2.45, 2.75) is 13.3 Å². The molecule has 0 unspecified atom stereocenters. The Morgan fingerprint density at radius 3 is 2.61 bits per heavy atom. The van der Waals surface area contributed by atoms with Gasteiger partial charge in [-0.1, -0.05) is 0 Å². The van der Waals surface area contributed by atoms with Crippen LogP contribution in [0.5, 0.6) is 5.75 Å². The minimum Gasteiger partial charge on any atom is -0.494 e. The van der Waals surface area contributed by atoms with Gasteiger partial charge in [-0.15, -0.1) is 0 Å². The van der Waals surface area contributed by atoms with E-state index in [2.05, 4.69) is 10.6 Å². The van der Waals surface area contributed by atoms with E-state index in [0.29, 0.717) is 30.9 Å². The summed E-state index contributed by atoms with van der Waals surface area (Å²) in [4.78, 5) is 23.2. The third-order valence-corrected chi connectivity index (χ3v) is 5.23. The van der Waals surface area contributed by atoms with Crippen LogP contribution in [-0.4, -0.2) is 46.2 Å². The van der Waals surface area contributed by atoms with E-state index in [1.54, 1.807) is 13.0 Å². The molecule has 1 heterocycles. The summed E-state index contributed by atoms with van der Waals surface area (Å²) in [5.41, 5.74) is 0.763. The van der Waals surface area contributed by atoms with Gasteiger partial charge < -0.3 is 15.4 Å². The van der Waals surface area contributed by atoms with Crippen LogP contribution in [0.4, 0.5) is 11.4 Å². The molecule has 1 aliphatic rings. The molecule has 0 atom stereocenters. The Morgan fingerprint density at radius 2 is 2.04 bits per heavy atom. The molecule has 8 nitrogen and oxygen atoms in total. The number of methoxy groups -OCH3 is 1. The normalized spacial score (nSPS) is 16.0. The molecule has 0 aromatic heterocycles. The Morgan fingerprint density at radius 1 is 1.30 bits per heavy atom. The maximum absolute atomic E-state index is 11.9. The SMILES string of the molecule is CCNC(=O)C(=O)Nc1ccc(N2CCCS2(=O)=O)cc1OC. The van der Waals surface area contributed by atoms with E-state index >= 15 is 0 Å². The predicted molar refractivity (Wildman–Crippen MR) is 86.1 cm³/mol. The van der Waals surface area contributed by atoms with Crippen molar-refractivity contribution in [3.63, 3.8) is 0 Å². The van der Waals surface area contributed by atoms with Gasteiger partial charge in [-0.3, -0.25) is 13.9 Å². The van der Waals surface area contributed by atoms with Gasteiger partial charge >= 0.3 is 11.8 Å². The second-order valence-corrected chi connectivity index (χ2v) is 6.95. The lowest BCUT2D eigenvalue weighted by atomic mass is 10.2. The highest BCUT2D eigenvalue weighted by Gasteiger charge is 2.29. The third-order valence-electron chi connectivity index (χ3n) is 3.36. The number of ether oxygens (including phenoxy) is 1. The fourth-order valence-corrected chi connectivity index (χ4v) is 3.84. The summed E-state index contributed by atoms with van der Waals surface area (Å²) < 4.78 is 30.4. The number of nitrogens with zero attached hydrogens (tertiary/aromatic N) is 1. The van der Waals surface area contributed by atoms with E-state index in [4.69, 9.17) is 4.74 Å². The molecule has 23 heavy (non-hydrogen) atoms. The fourth-order valence-electron chi connectivity index (χ4n) is 2.29. The Hall–Kier alpha value is -2.29. The molecule has 0 spiro atoms. The largest absolute Gasteiger partial charge is 0.494 e. The van der Waals surface area contributed by atoms with Crippen molar-refractivity contribution in [1.29, 1.82) is 0 Å². The summed E-state index contributed by atoms with van der Waals surface area (Å²) >= 11 is 0. The number of benzene rings is 1. The first-order valence-corrected chi connectivity index (χ1v) is 8.77. The van der Waals surface area contributed by atoms with Gasteiger partial charge in [0.1, 0.15) is 5.75 Å². The number of likely N-dealkylation sites (N-methyl/N-ethyl adjacent to an activating group) is 1. The zero-order valence-electron chi connectivity index (χ0n) is 13.0. The van der Waals surface area contributed by atoms with Crippen LogP contribution in [0.2, 0.25) is 0 Å². The van der Waals surface area contributed by atoms with Crippen LogP contribution >= 0.6 is 0 Å². The maximum Gasteiger partial charge on any atom is 0.313 e. The minimum atomic E-state index is -3.30. The van der Waals surface area contributed by atoms with Crippen LogP contribution < -0.4 is 19.7 Å². The van der Waals surface area contributed by atoms with Crippen LogP contribution in [0.25, 0.3) is 0 Å². The smallest absolute Gasteiger partial charge is 0.313 e. The van der Waals surface area contributed by atoms with Crippen molar-refractivity contribution in [2.24, 2.45) is 0 Å². The highest BCUT2D eigenvalue weighted by molar-refractivity contribution is 7.93. The van der Waals surface area contributed by atoms with Crippen molar-refractivity contribution >= 4 is 33.2 Å². The van der Waals surface area contributed by atoms with Gasteiger partial charge in [0, 0.05) is 19.2 Å². The predicted octanol–water partition coefficient (Wildman–Crippen LogP) is 0.310. The molecule has 1 aliphatic heterocycles. The van der Waals surface area contributed by atoms with Gasteiger partial charge in [-0.25, -0.2) is 8.42 Å². The third kappa shape index (κ3) is 3.73. The summed E-state index contributed by atoms with van der Waals surface area (Å²) in [6, 6.07) is 4.61. The fraction of sp³-hybridized carbons (Fsp3) is 0.429. The van der Waals surface area contributed by atoms with E-state index in [1.165, 1.54) is 23.5 Å². The molecular formula is C14H19N3O5S. The van der Waals surface area contributed by atoms with Gasteiger partial charge in [0.15, 0.2) is 0 Å². The summed E-state index contributed by atoms with van der Waals surface area (Å²) in [5.74, 6) is -1.17. The lowest BCUT2D eigenvalue weighted by molar-refractivity contribution is -0.136. The topological polar surface area (TPSA) is 105 Å². The average molecular weight is 341 g/mol. The quantitative estimate of drug-likeness (QED) is 0.767. The number of sulfonamides is 1. The van der Waals surface area contributed by atoms with E-state index < -0.39 is 21.8 Å². The lowest BCUT2D eigenvalue weighted by Crippen LogP contribution is -2.35. The number of rotatable bonds is 4. The van der Waals surface area contributed by atoms with Crippen molar-refractivity contribution < 1.29 is 22.7 Å². The van der Waals surface area contributed by atoms with Crippen LogP contribution in [0.3, 0.4) is 0 Å². The van der Waals surface area contributed by atoms with Crippen LogP contribution in [0.15, 0.2) is 18.2 Å². The minimum absolute atomic E-state index is 0.116. The van der Waals surface area contributed by atoms with Gasteiger partial charge in [0.2, 0.25) is 10.0 Å². The molecule has 1 saturated heterocycles. The molecule has 0 saturated carbocycles. The average Bonchev–Trinajstić information content (AvgIpc) is 2.87. The molecular weight excluding hydrogens is 322 g/mol. The number of anilines is 2. The summed E-state index contributed by atoms with van der Waals surface area (Å²) in [6.07, 6.45) is 0.570. The summed E-state index contributed by atoms with van der Waals surface area (Å²) in [7, 11) is -1.89. The number of nitrogens with one attached hydrogen (secondary N) is 2. The molecule has 0 radical (unpaired) electrons. The summed E-state index contributed by atoms with van der Waals surface area (Å²) in [5, 5.41) is 4.83. The van der Waals surface area contributed by atoms with Gasteiger partial charge in [-0.2, -0.15) is 0 Å². The van der Waals surface area contributed by atoms with Crippen molar-refractivity contribution in [2.75, 3.05) is 35.6 Å². The van der Waals surface area contributed by atoms with E-state index in [0.717, 1.165) is 0 Å². The molecule has 1 aromatic rings. The number of carbonyl (C=O) groups is 2.